The summed E-state index contributed by atoms with van der Waals surface area (Å²) in [6, 6.07) is 4.05. The molecule has 1 rings (SSSR count). The lowest BCUT2D eigenvalue weighted by Crippen LogP contribution is -2.00. The highest BCUT2D eigenvalue weighted by Gasteiger charge is 2.10. The highest BCUT2D eigenvalue weighted by molar-refractivity contribution is 9.10. The molecular weight excluding hydrogens is 300 g/mol. The fraction of sp³-hybridized carbons (Fsp3) is 0.538. The minimum absolute atomic E-state index is 0.653. The van der Waals surface area contributed by atoms with Crippen LogP contribution in [0.5, 0.6) is 11.5 Å². The Hall–Kier alpha value is -0.350. The Morgan fingerprint density at radius 3 is 2.35 bits per heavy atom. The molecule has 0 spiro atoms. The molecule has 0 saturated carbocycles. The molecule has 0 aliphatic carbocycles. The summed E-state index contributed by atoms with van der Waals surface area (Å²) in [5.74, 6) is 2.64. The Labute approximate surface area is 117 Å². The van der Waals surface area contributed by atoms with E-state index in [-0.39, 0.29) is 0 Å². The minimum Gasteiger partial charge on any atom is -0.493 e. The number of rotatable bonds is 7. The molecule has 17 heavy (non-hydrogen) atoms. The van der Waals surface area contributed by atoms with Crippen LogP contribution in [0.2, 0.25) is 0 Å². The predicted octanol–water partition coefficient (Wildman–Crippen LogP) is 4.11. The molecule has 0 aliphatic heterocycles. The highest BCUT2D eigenvalue weighted by Crippen LogP contribution is 2.34. The summed E-state index contributed by atoms with van der Waals surface area (Å²) in [5.41, 5.74) is 1.20. The summed E-state index contributed by atoms with van der Waals surface area (Å²) >= 11 is 7.77. The standard InChI is InChI=1S/C13H19BrO2S/c1-3-15-12-9-13(16-4-2)11(14)8-10(12)6-5-7-17/h8-9,17H,3-7H2,1-2H3. The minimum atomic E-state index is 0.653. The van der Waals surface area contributed by atoms with Crippen LogP contribution in [-0.2, 0) is 6.42 Å². The molecule has 1 aromatic rings. The third-order valence-corrected chi connectivity index (χ3v) is 3.25. The first-order valence-electron chi connectivity index (χ1n) is 5.91. The van der Waals surface area contributed by atoms with Crippen molar-refractivity contribution in [3.05, 3.63) is 22.2 Å². The maximum absolute atomic E-state index is 5.65. The average molecular weight is 319 g/mol. The van der Waals surface area contributed by atoms with Crippen LogP contribution in [0.1, 0.15) is 25.8 Å². The Balaban J connectivity index is 2.97. The molecule has 0 saturated heterocycles. The zero-order valence-corrected chi connectivity index (χ0v) is 12.8. The largest absolute Gasteiger partial charge is 0.493 e. The van der Waals surface area contributed by atoms with E-state index in [1.807, 2.05) is 19.9 Å². The second-order valence-corrected chi connectivity index (χ2v) is 4.89. The summed E-state index contributed by atoms with van der Waals surface area (Å²) in [7, 11) is 0. The topological polar surface area (TPSA) is 18.5 Å². The van der Waals surface area contributed by atoms with Crippen LogP contribution >= 0.6 is 28.6 Å². The third-order valence-electron chi connectivity index (χ3n) is 2.32. The summed E-state index contributed by atoms with van der Waals surface area (Å²) in [4.78, 5) is 0. The van der Waals surface area contributed by atoms with E-state index in [2.05, 4.69) is 34.6 Å². The number of thiol groups is 1. The van der Waals surface area contributed by atoms with Gasteiger partial charge in [0.2, 0.25) is 0 Å². The Kier molecular flexibility index (Phi) is 6.82. The number of ether oxygens (including phenoxy) is 2. The summed E-state index contributed by atoms with van der Waals surface area (Å²) in [5, 5.41) is 0. The van der Waals surface area contributed by atoms with Gasteiger partial charge < -0.3 is 9.47 Å². The summed E-state index contributed by atoms with van der Waals surface area (Å²) in [6.07, 6.45) is 2.02. The van der Waals surface area contributed by atoms with Gasteiger partial charge in [0, 0.05) is 6.07 Å². The molecule has 0 atom stereocenters. The lowest BCUT2D eigenvalue weighted by Gasteiger charge is -2.14. The first-order chi connectivity index (χ1) is 8.22. The molecule has 96 valence electrons. The molecule has 0 aromatic heterocycles. The second-order valence-electron chi connectivity index (χ2n) is 3.58. The molecule has 4 heteroatoms. The van der Waals surface area contributed by atoms with Gasteiger partial charge in [0.1, 0.15) is 11.5 Å². The smallest absolute Gasteiger partial charge is 0.137 e. The van der Waals surface area contributed by atoms with Gasteiger partial charge >= 0.3 is 0 Å². The quantitative estimate of drug-likeness (QED) is 0.763. The van der Waals surface area contributed by atoms with Crippen molar-refractivity contribution in [3.63, 3.8) is 0 Å². The highest BCUT2D eigenvalue weighted by atomic mass is 79.9. The number of halogens is 1. The van der Waals surface area contributed by atoms with Gasteiger partial charge in [0.25, 0.3) is 0 Å². The Bertz CT molecular complexity index is 356. The van der Waals surface area contributed by atoms with E-state index in [1.54, 1.807) is 0 Å². The van der Waals surface area contributed by atoms with E-state index < -0.39 is 0 Å². The molecule has 0 unspecified atom stereocenters. The van der Waals surface area contributed by atoms with Crippen LogP contribution < -0.4 is 9.47 Å². The van der Waals surface area contributed by atoms with E-state index in [0.717, 1.165) is 34.6 Å². The van der Waals surface area contributed by atoms with E-state index in [4.69, 9.17) is 9.47 Å². The van der Waals surface area contributed by atoms with Gasteiger partial charge in [0.15, 0.2) is 0 Å². The van der Waals surface area contributed by atoms with Gasteiger partial charge in [-0.1, -0.05) is 0 Å². The maximum Gasteiger partial charge on any atom is 0.137 e. The van der Waals surface area contributed by atoms with Crippen molar-refractivity contribution < 1.29 is 9.47 Å². The fourth-order valence-electron chi connectivity index (χ4n) is 1.60. The molecule has 0 heterocycles. The molecule has 0 bridgehead atoms. The van der Waals surface area contributed by atoms with Crippen molar-refractivity contribution in [2.24, 2.45) is 0 Å². The summed E-state index contributed by atoms with van der Waals surface area (Å²) < 4.78 is 12.2. The normalized spacial score (nSPS) is 10.4. The van der Waals surface area contributed by atoms with Crippen molar-refractivity contribution in [2.45, 2.75) is 26.7 Å². The molecule has 2 nitrogen and oxygen atoms in total. The first-order valence-corrected chi connectivity index (χ1v) is 7.34. The van der Waals surface area contributed by atoms with Gasteiger partial charge in [0.05, 0.1) is 17.7 Å². The van der Waals surface area contributed by atoms with E-state index in [1.165, 1.54) is 5.56 Å². The van der Waals surface area contributed by atoms with E-state index in [0.29, 0.717) is 13.2 Å². The molecule has 0 N–H and O–H groups in total. The van der Waals surface area contributed by atoms with Crippen molar-refractivity contribution in [1.29, 1.82) is 0 Å². The third kappa shape index (κ3) is 4.43. The zero-order valence-electron chi connectivity index (χ0n) is 10.3. The molecule has 1 aromatic carbocycles. The monoisotopic (exact) mass is 318 g/mol. The SMILES string of the molecule is CCOc1cc(OCC)c(CCCS)cc1Br. The molecule has 0 radical (unpaired) electrons. The van der Waals surface area contributed by atoms with Gasteiger partial charge in [-0.05, 0) is 60.0 Å². The summed E-state index contributed by atoms with van der Waals surface area (Å²) in [6.45, 7) is 5.29. The first kappa shape index (κ1) is 14.7. The lowest BCUT2D eigenvalue weighted by molar-refractivity contribution is 0.319. The molecule has 0 fully saturated rings. The predicted molar refractivity (Wildman–Crippen MR) is 78.7 cm³/mol. The van der Waals surface area contributed by atoms with Gasteiger partial charge in [-0.15, -0.1) is 0 Å². The van der Waals surface area contributed by atoms with Crippen molar-refractivity contribution in [2.75, 3.05) is 19.0 Å². The van der Waals surface area contributed by atoms with Crippen LogP contribution in [0.15, 0.2) is 16.6 Å². The van der Waals surface area contributed by atoms with Crippen molar-refractivity contribution in [3.8, 4) is 11.5 Å². The van der Waals surface area contributed by atoms with Crippen LogP contribution in [-0.4, -0.2) is 19.0 Å². The molecule has 0 aliphatic rings. The molecular formula is C13H19BrO2S. The number of aryl methyl sites for hydroxylation is 1. The van der Waals surface area contributed by atoms with E-state index >= 15 is 0 Å². The zero-order chi connectivity index (χ0) is 12.7. The Morgan fingerprint density at radius 1 is 1.12 bits per heavy atom. The Morgan fingerprint density at radius 2 is 1.76 bits per heavy atom. The number of hydrogen-bond donors (Lipinski definition) is 1. The van der Waals surface area contributed by atoms with Crippen molar-refractivity contribution >= 4 is 28.6 Å². The van der Waals surface area contributed by atoms with Crippen LogP contribution in [0, 0.1) is 0 Å². The van der Waals surface area contributed by atoms with Gasteiger partial charge in [-0.25, -0.2) is 0 Å². The average Bonchev–Trinajstić information content (AvgIpc) is 2.32. The number of benzene rings is 1. The van der Waals surface area contributed by atoms with Crippen LogP contribution in [0.3, 0.4) is 0 Å². The van der Waals surface area contributed by atoms with Crippen LogP contribution in [0.25, 0.3) is 0 Å². The van der Waals surface area contributed by atoms with Crippen molar-refractivity contribution in [1.82, 2.24) is 0 Å². The van der Waals surface area contributed by atoms with E-state index in [9.17, 15) is 0 Å². The maximum atomic E-state index is 5.65. The molecule has 0 amide bonds. The van der Waals surface area contributed by atoms with Crippen LogP contribution in [0.4, 0.5) is 0 Å². The van der Waals surface area contributed by atoms with Gasteiger partial charge in [-0.3, -0.25) is 0 Å². The second kappa shape index (κ2) is 7.88. The lowest BCUT2D eigenvalue weighted by atomic mass is 10.1. The fourth-order valence-corrected chi connectivity index (χ4v) is 2.26. The number of hydrogen-bond acceptors (Lipinski definition) is 3. The van der Waals surface area contributed by atoms with Gasteiger partial charge in [-0.2, -0.15) is 12.6 Å².